The van der Waals surface area contributed by atoms with Crippen molar-refractivity contribution in [3.05, 3.63) is 112 Å². The van der Waals surface area contributed by atoms with Crippen molar-refractivity contribution in [1.29, 1.82) is 0 Å². The Morgan fingerprint density at radius 2 is 1.83 bits per heavy atom. The van der Waals surface area contributed by atoms with Crippen molar-refractivity contribution < 1.29 is 23.6 Å². The first kappa shape index (κ1) is 37.6. The molecule has 0 spiro atoms. The summed E-state index contributed by atoms with van der Waals surface area (Å²) in [7, 11) is 2.15. The van der Waals surface area contributed by atoms with Gasteiger partial charge in [-0.2, -0.15) is 0 Å². The number of fused-ring (bicyclic) bond motifs is 2. The summed E-state index contributed by atoms with van der Waals surface area (Å²) in [6, 6.07) is 18.3. The summed E-state index contributed by atoms with van der Waals surface area (Å²) in [4.78, 5) is 66.7. The van der Waals surface area contributed by atoms with E-state index in [0.717, 1.165) is 80.1 Å². The molecule has 0 bridgehead atoms. The number of aromatic nitrogens is 3. The highest BCUT2D eigenvalue weighted by Crippen LogP contribution is 2.38. The summed E-state index contributed by atoms with van der Waals surface area (Å²) in [5.74, 6) is -1.82. The molecular formula is C43H44FN9O4S. The van der Waals surface area contributed by atoms with Gasteiger partial charge >= 0.3 is 0 Å². The number of aryl methyl sites for hydroxylation is 1. The second kappa shape index (κ2) is 15.8. The highest BCUT2D eigenvalue weighted by atomic mass is 32.1. The number of piperidine rings is 2. The fourth-order valence-corrected chi connectivity index (χ4v) is 9.34. The molecule has 2 fully saturated rings. The van der Waals surface area contributed by atoms with Gasteiger partial charge < -0.3 is 19.7 Å². The van der Waals surface area contributed by atoms with Crippen molar-refractivity contribution in [3.63, 3.8) is 0 Å². The van der Waals surface area contributed by atoms with Gasteiger partial charge in [-0.1, -0.05) is 24.3 Å². The predicted molar refractivity (Wildman–Crippen MR) is 219 cm³/mol. The third kappa shape index (κ3) is 7.47. The number of rotatable bonds is 11. The number of imidazole rings is 1. The summed E-state index contributed by atoms with van der Waals surface area (Å²) >= 11 is 1.29. The number of thiazole rings is 1. The summed E-state index contributed by atoms with van der Waals surface area (Å²) in [5, 5.41) is 10.7. The highest BCUT2D eigenvalue weighted by Gasteiger charge is 2.42. The number of carbonyl (C=O) groups is 4. The number of halogens is 1. The lowest BCUT2D eigenvalue weighted by atomic mass is 9.98. The van der Waals surface area contributed by atoms with Crippen molar-refractivity contribution in [1.82, 2.24) is 29.7 Å². The molecule has 9 rings (SSSR count). The summed E-state index contributed by atoms with van der Waals surface area (Å²) < 4.78 is 17.9. The Balaban J connectivity index is 0.841. The first-order valence-electron chi connectivity index (χ1n) is 19.8. The van der Waals surface area contributed by atoms with Gasteiger partial charge in [0.15, 0.2) is 11.2 Å². The lowest BCUT2D eigenvalue weighted by Gasteiger charge is -2.38. The van der Waals surface area contributed by atoms with Crippen LogP contribution in [0, 0.1) is 5.82 Å². The monoisotopic (exact) mass is 801 g/mol. The Morgan fingerprint density at radius 3 is 2.60 bits per heavy atom. The fraction of sp³-hybridized carbons (Fsp3) is 0.349. The van der Waals surface area contributed by atoms with Crippen LogP contribution in [0.25, 0.3) is 11.1 Å². The maximum atomic E-state index is 15.9. The molecule has 0 radical (unpaired) electrons. The minimum Gasteiger partial charge on any atom is -0.374 e. The number of anilines is 3. The maximum absolute atomic E-state index is 15.9. The van der Waals surface area contributed by atoms with Gasteiger partial charge in [-0.05, 0) is 92.2 Å². The number of hydrogen-bond donors (Lipinski definition) is 3. The van der Waals surface area contributed by atoms with E-state index in [1.165, 1.54) is 22.3 Å². The average Bonchev–Trinajstić information content (AvgIpc) is 4.05. The second-order valence-electron chi connectivity index (χ2n) is 15.5. The van der Waals surface area contributed by atoms with Crippen molar-refractivity contribution in [3.8, 4) is 11.1 Å². The Labute approximate surface area is 339 Å². The first-order valence-corrected chi connectivity index (χ1v) is 20.7. The molecule has 2 aromatic heterocycles. The molecule has 58 heavy (non-hydrogen) atoms. The molecule has 3 N–H and O–H groups in total. The van der Waals surface area contributed by atoms with E-state index >= 15 is 4.39 Å². The zero-order chi connectivity index (χ0) is 39.9. The average molecular weight is 802 g/mol. The zero-order valence-electron chi connectivity index (χ0n) is 32.1. The van der Waals surface area contributed by atoms with Gasteiger partial charge in [0, 0.05) is 78.4 Å². The van der Waals surface area contributed by atoms with Gasteiger partial charge in [0.1, 0.15) is 11.9 Å². The largest absolute Gasteiger partial charge is 0.374 e. The van der Waals surface area contributed by atoms with Gasteiger partial charge in [-0.15, -0.1) is 11.3 Å². The Hall–Kier alpha value is -5.93. The van der Waals surface area contributed by atoms with Crippen LogP contribution in [-0.4, -0.2) is 80.2 Å². The SMILES string of the molecule is CN(Cc1cccc(NC2CCC(=O)NC2=O)c1)C1CCN(c2ccc(-c3cc(F)c4c(c3)C(=O)N(C(C(=O)Nc3nccs3)c3ncn5c3CCC5)C4)cc2)CC1. The molecule has 4 aliphatic heterocycles. The van der Waals surface area contributed by atoms with Crippen LogP contribution in [0.5, 0.6) is 0 Å². The molecule has 15 heteroatoms. The lowest BCUT2D eigenvalue weighted by molar-refractivity contribution is -0.133. The van der Waals surface area contributed by atoms with Gasteiger partial charge in [-0.25, -0.2) is 14.4 Å². The molecule has 4 amide bonds. The topological polar surface area (TPSA) is 145 Å². The summed E-state index contributed by atoms with van der Waals surface area (Å²) in [5.41, 5.74) is 6.46. The molecule has 13 nitrogen and oxygen atoms in total. The van der Waals surface area contributed by atoms with Crippen molar-refractivity contribution >= 4 is 51.5 Å². The number of amides is 4. The predicted octanol–water partition coefficient (Wildman–Crippen LogP) is 5.75. The molecule has 2 saturated heterocycles. The van der Waals surface area contributed by atoms with Gasteiger partial charge in [0.2, 0.25) is 11.8 Å². The molecule has 6 heterocycles. The van der Waals surface area contributed by atoms with E-state index in [9.17, 15) is 19.2 Å². The van der Waals surface area contributed by atoms with E-state index in [2.05, 4.69) is 67.0 Å². The quantitative estimate of drug-likeness (QED) is 0.142. The molecular weight excluding hydrogens is 758 g/mol. The number of carbonyl (C=O) groups excluding carboxylic acids is 4. The van der Waals surface area contributed by atoms with Crippen LogP contribution in [0.2, 0.25) is 0 Å². The molecule has 0 aliphatic carbocycles. The van der Waals surface area contributed by atoms with Crippen LogP contribution in [0.15, 0.2) is 78.6 Å². The molecule has 298 valence electrons. The van der Waals surface area contributed by atoms with Crippen LogP contribution >= 0.6 is 11.3 Å². The smallest absolute Gasteiger partial charge is 0.255 e. The molecule has 5 aromatic rings. The van der Waals surface area contributed by atoms with E-state index in [4.69, 9.17) is 0 Å². The van der Waals surface area contributed by atoms with Gasteiger partial charge in [-0.3, -0.25) is 34.7 Å². The Morgan fingerprint density at radius 1 is 1.00 bits per heavy atom. The van der Waals surface area contributed by atoms with Gasteiger partial charge in [0.05, 0.1) is 18.6 Å². The van der Waals surface area contributed by atoms with Crippen molar-refractivity contribution in [2.24, 2.45) is 0 Å². The normalized spacial score (nSPS) is 18.7. The van der Waals surface area contributed by atoms with E-state index in [0.29, 0.717) is 35.3 Å². The number of nitrogens with one attached hydrogen (secondary N) is 3. The molecule has 3 aromatic carbocycles. The molecule has 0 saturated carbocycles. The van der Waals surface area contributed by atoms with E-state index in [-0.39, 0.29) is 29.5 Å². The minimum atomic E-state index is -1.04. The third-order valence-corrected chi connectivity index (χ3v) is 12.6. The van der Waals surface area contributed by atoms with Crippen LogP contribution in [-0.2, 0) is 40.4 Å². The summed E-state index contributed by atoms with van der Waals surface area (Å²) in [6.07, 6.45) is 7.79. The van der Waals surface area contributed by atoms with Gasteiger partial charge in [0.25, 0.3) is 11.8 Å². The highest BCUT2D eigenvalue weighted by molar-refractivity contribution is 7.13. The molecule has 2 atom stereocenters. The second-order valence-corrected chi connectivity index (χ2v) is 16.4. The Bertz CT molecular complexity index is 2370. The number of nitrogens with zero attached hydrogens (tertiary/aromatic N) is 6. The summed E-state index contributed by atoms with van der Waals surface area (Å²) in [6.45, 7) is 3.31. The van der Waals surface area contributed by atoms with Crippen molar-refractivity contribution in [2.45, 2.75) is 76.3 Å². The third-order valence-electron chi connectivity index (χ3n) is 11.9. The number of benzene rings is 3. The first-order chi connectivity index (χ1) is 28.2. The number of imide groups is 1. The van der Waals surface area contributed by atoms with E-state index in [1.54, 1.807) is 24.0 Å². The van der Waals surface area contributed by atoms with Crippen LogP contribution in [0.3, 0.4) is 0 Å². The van der Waals surface area contributed by atoms with Crippen LogP contribution < -0.4 is 20.9 Å². The maximum Gasteiger partial charge on any atom is 0.255 e. The van der Waals surface area contributed by atoms with Crippen LogP contribution in [0.1, 0.15) is 71.0 Å². The standard InChI is InChI=1S/C43H44FN9O4S/c1-50(23-26-4-2-5-29(20-26)47-35-11-12-37(54)48-40(35)55)30-13-17-51(18-14-30)31-9-7-27(8-10-31)28-21-32-33(34(44)22-28)24-53(42(32)57)39(41(56)49-43-45-15-19-58-43)38-36-6-3-16-52(36)25-46-38/h2,4-5,7-10,15,19-22,25,30,35,39,47H,3,6,11-14,16-18,23-24H2,1H3,(H,45,49,56)(H,48,54,55). The fourth-order valence-electron chi connectivity index (χ4n) is 8.80. The number of hydrogen-bond acceptors (Lipinski definition) is 10. The zero-order valence-corrected chi connectivity index (χ0v) is 32.9. The Kier molecular flexibility index (Phi) is 10.2. The van der Waals surface area contributed by atoms with E-state index in [1.807, 2.05) is 28.8 Å². The van der Waals surface area contributed by atoms with Crippen LogP contribution in [0.4, 0.5) is 20.9 Å². The van der Waals surface area contributed by atoms with E-state index < -0.39 is 29.7 Å². The lowest BCUT2D eigenvalue weighted by Crippen LogP contribution is -2.47. The molecule has 4 aliphatic rings. The molecule has 2 unspecified atom stereocenters. The van der Waals surface area contributed by atoms with Crippen molar-refractivity contribution in [2.75, 3.05) is 35.7 Å². The minimum absolute atomic E-state index is 0.0409.